The van der Waals surface area contributed by atoms with Crippen LogP contribution in [0.3, 0.4) is 0 Å². The Morgan fingerprint density at radius 3 is 2.45 bits per heavy atom. The predicted octanol–water partition coefficient (Wildman–Crippen LogP) is 2.93. The fourth-order valence-corrected chi connectivity index (χ4v) is 2.35. The molecule has 3 nitrogen and oxygen atoms in total. The molecular formula is C16H20FN3. The Balaban J connectivity index is 2.28. The van der Waals surface area contributed by atoms with E-state index < -0.39 is 0 Å². The second-order valence-corrected chi connectivity index (χ2v) is 5.07. The molecule has 0 saturated carbocycles. The maximum atomic E-state index is 12.9. The van der Waals surface area contributed by atoms with Crippen LogP contribution in [-0.4, -0.2) is 12.0 Å². The molecule has 106 valence electrons. The molecular weight excluding hydrogens is 253 g/mol. The molecule has 0 spiro atoms. The highest BCUT2D eigenvalue weighted by Crippen LogP contribution is 2.22. The molecule has 4 heteroatoms. The average Bonchev–Trinajstić information content (AvgIpc) is 2.40. The third-order valence-corrected chi connectivity index (χ3v) is 3.35. The zero-order valence-electron chi connectivity index (χ0n) is 12.2. The van der Waals surface area contributed by atoms with Crippen LogP contribution >= 0.6 is 0 Å². The van der Waals surface area contributed by atoms with Crippen molar-refractivity contribution in [3.63, 3.8) is 0 Å². The van der Waals surface area contributed by atoms with Gasteiger partial charge in [-0.25, -0.2) is 9.37 Å². The standard InChI is InChI=1S/C16H20FN3/c1-11-8-12(2)19-16(15(11)9-18)20(3)10-13-4-6-14(17)7-5-13/h4-8H,9-10,18H2,1-3H3. The number of pyridine rings is 1. The number of benzene rings is 1. The zero-order chi connectivity index (χ0) is 14.7. The third kappa shape index (κ3) is 3.14. The highest BCUT2D eigenvalue weighted by Gasteiger charge is 2.12. The lowest BCUT2D eigenvalue weighted by molar-refractivity contribution is 0.627. The summed E-state index contributed by atoms with van der Waals surface area (Å²) in [4.78, 5) is 6.64. The second-order valence-electron chi connectivity index (χ2n) is 5.07. The van der Waals surface area contributed by atoms with Crippen molar-refractivity contribution >= 4 is 5.82 Å². The molecule has 0 saturated heterocycles. The van der Waals surface area contributed by atoms with Crippen LogP contribution in [0.4, 0.5) is 10.2 Å². The van der Waals surface area contributed by atoms with Gasteiger partial charge in [-0.05, 0) is 43.2 Å². The molecule has 0 aliphatic rings. The number of aromatic nitrogens is 1. The maximum Gasteiger partial charge on any atom is 0.133 e. The van der Waals surface area contributed by atoms with E-state index in [0.717, 1.165) is 28.2 Å². The molecule has 0 aliphatic heterocycles. The van der Waals surface area contributed by atoms with Crippen LogP contribution in [0.15, 0.2) is 30.3 Å². The normalized spacial score (nSPS) is 10.7. The topological polar surface area (TPSA) is 42.1 Å². The van der Waals surface area contributed by atoms with Gasteiger partial charge in [0.15, 0.2) is 0 Å². The molecule has 1 aromatic carbocycles. The predicted molar refractivity (Wildman–Crippen MR) is 80.1 cm³/mol. The molecule has 2 aromatic rings. The van der Waals surface area contributed by atoms with E-state index in [1.54, 1.807) is 12.1 Å². The van der Waals surface area contributed by atoms with Crippen LogP contribution in [-0.2, 0) is 13.1 Å². The van der Waals surface area contributed by atoms with Gasteiger partial charge in [0.2, 0.25) is 0 Å². The molecule has 0 radical (unpaired) electrons. The number of nitrogens with two attached hydrogens (primary N) is 1. The first-order valence-corrected chi connectivity index (χ1v) is 6.64. The van der Waals surface area contributed by atoms with Gasteiger partial charge >= 0.3 is 0 Å². The Bertz CT molecular complexity index is 593. The Kier molecular flexibility index (Phi) is 4.35. The zero-order valence-corrected chi connectivity index (χ0v) is 12.2. The van der Waals surface area contributed by atoms with Crippen LogP contribution in [0.25, 0.3) is 0 Å². The number of hydrogen-bond donors (Lipinski definition) is 1. The number of halogens is 1. The second kappa shape index (κ2) is 6.01. The fraction of sp³-hybridized carbons (Fsp3) is 0.312. The van der Waals surface area contributed by atoms with Gasteiger partial charge in [-0.3, -0.25) is 0 Å². The Morgan fingerprint density at radius 1 is 1.20 bits per heavy atom. The quantitative estimate of drug-likeness (QED) is 0.931. The lowest BCUT2D eigenvalue weighted by atomic mass is 10.1. The summed E-state index contributed by atoms with van der Waals surface area (Å²) in [5.41, 5.74) is 10.1. The van der Waals surface area contributed by atoms with E-state index in [1.807, 2.05) is 27.0 Å². The van der Waals surface area contributed by atoms with Gasteiger partial charge in [0, 0.05) is 31.4 Å². The number of rotatable bonds is 4. The van der Waals surface area contributed by atoms with Crippen molar-refractivity contribution in [1.82, 2.24) is 4.98 Å². The van der Waals surface area contributed by atoms with Gasteiger partial charge in [0.05, 0.1) is 0 Å². The minimum Gasteiger partial charge on any atom is -0.355 e. The SMILES string of the molecule is Cc1cc(C)c(CN)c(N(C)Cc2ccc(F)cc2)n1. The van der Waals surface area contributed by atoms with Crippen molar-refractivity contribution < 1.29 is 4.39 Å². The lowest BCUT2D eigenvalue weighted by Crippen LogP contribution is -2.21. The maximum absolute atomic E-state index is 12.9. The Labute approximate surface area is 119 Å². The van der Waals surface area contributed by atoms with Crippen molar-refractivity contribution in [1.29, 1.82) is 0 Å². The lowest BCUT2D eigenvalue weighted by Gasteiger charge is -2.23. The first-order valence-electron chi connectivity index (χ1n) is 6.64. The first-order chi connectivity index (χ1) is 9.51. The van der Waals surface area contributed by atoms with Crippen molar-refractivity contribution in [3.05, 3.63) is 58.5 Å². The third-order valence-electron chi connectivity index (χ3n) is 3.35. The largest absolute Gasteiger partial charge is 0.355 e. The van der Waals surface area contributed by atoms with Crippen LogP contribution in [0.5, 0.6) is 0 Å². The molecule has 0 atom stereocenters. The summed E-state index contributed by atoms with van der Waals surface area (Å²) in [7, 11) is 1.98. The van der Waals surface area contributed by atoms with Crippen LogP contribution < -0.4 is 10.6 Å². The summed E-state index contributed by atoms with van der Waals surface area (Å²) in [5.74, 6) is 0.679. The molecule has 0 bridgehead atoms. The van der Waals surface area contributed by atoms with Crippen molar-refractivity contribution in [2.75, 3.05) is 11.9 Å². The van der Waals surface area contributed by atoms with E-state index in [0.29, 0.717) is 13.1 Å². The summed E-state index contributed by atoms with van der Waals surface area (Å²) in [5, 5.41) is 0. The number of aryl methyl sites for hydroxylation is 2. The average molecular weight is 273 g/mol. The number of anilines is 1. The Morgan fingerprint density at radius 2 is 1.85 bits per heavy atom. The minimum atomic E-state index is -0.219. The molecule has 0 aliphatic carbocycles. The summed E-state index contributed by atoms with van der Waals surface area (Å²) in [6.07, 6.45) is 0. The molecule has 1 aromatic heterocycles. The molecule has 0 fully saturated rings. The van der Waals surface area contributed by atoms with E-state index in [9.17, 15) is 4.39 Å². The van der Waals surface area contributed by atoms with Gasteiger partial charge in [-0.2, -0.15) is 0 Å². The molecule has 20 heavy (non-hydrogen) atoms. The Hall–Kier alpha value is -1.94. The van der Waals surface area contributed by atoms with Crippen molar-refractivity contribution in [3.8, 4) is 0 Å². The summed E-state index contributed by atoms with van der Waals surface area (Å²) >= 11 is 0. The fourth-order valence-electron chi connectivity index (χ4n) is 2.35. The molecule has 2 N–H and O–H groups in total. The van der Waals surface area contributed by atoms with Crippen molar-refractivity contribution in [2.24, 2.45) is 5.73 Å². The molecule has 2 rings (SSSR count). The summed E-state index contributed by atoms with van der Waals surface area (Å²) < 4.78 is 12.9. The number of hydrogen-bond acceptors (Lipinski definition) is 3. The van der Waals surface area contributed by atoms with E-state index in [4.69, 9.17) is 5.73 Å². The smallest absolute Gasteiger partial charge is 0.133 e. The van der Waals surface area contributed by atoms with Gasteiger partial charge in [0.1, 0.15) is 11.6 Å². The van der Waals surface area contributed by atoms with Crippen LogP contribution in [0.2, 0.25) is 0 Å². The highest BCUT2D eigenvalue weighted by molar-refractivity contribution is 5.51. The molecule has 0 unspecified atom stereocenters. The van der Waals surface area contributed by atoms with Gasteiger partial charge in [-0.15, -0.1) is 0 Å². The first kappa shape index (κ1) is 14.5. The van der Waals surface area contributed by atoms with Gasteiger partial charge in [0.25, 0.3) is 0 Å². The summed E-state index contributed by atoms with van der Waals surface area (Å²) in [6, 6.07) is 8.56. The van der Waals surface area contributed by atoms with Crippen LogP contribution in [0, 0.1) is 19.7 Å². The van der Waals surface area contributed by atoms with Crippen molar-refractivity contribution in [2.45, 2.75) is 26.9 Å². The summed E-state index contributed by atoms with van der Waals surface area (Å²) in [6.45, 7) is 5.15. The van der Waals surface area contributed by atoms with Gasteiger partial charge in [-0.1, -0.05) is 12.1 Å². The minimum absolute atomic E-state index is 0.219. The van der Waals surface area contributed by atoms with E-state index in [1.165, 1.54) is 12.1 Å². The van der Waals surface area contributed by atoms with E-state index >= 15 is 0 Å². The monoisotopic (exact) mass is 273 g/mol. The van der Waals surface area contributed by atoms with E-state index in [2.05, 4.69) is 9.88 Å². The van der Waals surface area contributed by atoms with E-state index in [-0.39, 0.29) is 5.82 Å². The molecule has 1 heterocycles. The number of nitrogens with zero attached hydrogens (tertiary/aromatic N) is 2. The van der Waals surface area contributed by atoms with Gasteiger partial charge < -0.3 is 10.6 Å². The highest BCUT2D eigenvalue weighted by atomic mass is 19.1. The van der Waals surface area contributed by atoms with Crippen LogP contribution in [0.1, 0.15) is 22.4 Å². The molecule has 0 amide bonds.